The number of hydrogen-bond acceptors (Lipinski definition) is 7. The van der Waals surface area contributed by atoms with Gasteiger partial charge in [-0.1, -0.05) is 30.3 Å². The quantitative estimate of drug-likeness (QED) is 0.179. The monoisotopic (exact) mass is 667 g/mol. The number of ether oxygens (including phenoxy) is 2. The van der Waals surface area contributed by atoms with Crippen molar-refractivity contribution in [1.82, 2.24) is 20.2 Å². The molecule has 1 saturated heterocycles. The van der Waals surface area contributed by atoms with E-state index in [1.165, 1.54) is 18.5 Å². The maximum atomic E-state index is 13.6. The molecule has 1 aliphatic heterocycles. The van der Waals surface area contributed by atoms with Crippen LogP contribution in [0.1, 0.15) is 74.7 Å². The van der Waals surface area contributed by atoms with Crippen molar-refractivity contribution in [1.29, 1.82) is 0 Å². The second-order valence-electron chi connectivity index (χ2n) is 12.3. The second-order valence-corrected chi connectivity index (χ2v) is 12.3. The Hall–Kier alpha value is -4.19. The Morgan fingerprint density at radius 3 is 2.17 bits per heavy atom. The normalized spacial score (nSPS) is 15.6. The second kappa shape index (κ2) is 16.3. The van der Waals surface area contributed by atoms with Gasteiger partial charge in [0, 0.05) is 37.7 Å². The van der Waals surface area contributed by atoms with Gasteiger partial charge in [0.05, 0.1) is 18.8 Å². The molecule has 1 N–H and O–H groups in total. The number of halogens is 3. The number of aromatic nitrogens is 2. The first-order chi connectivity index (χ1) is 23.2. The van der Waals surface area contributed by atoms with Crippen LogP contribution in [0.25, 0.3) is 11.1 Å². The van der Waals surface area contributed by atoms with Crippen molar-refractivity contribution in [3.8, 4) is 22.9 Å². The van der Waals surface area contributed by atoms with Crippen LogP contribution >= 0.6 is 0 Å². The molecule has 2 aromatic carbocycles. The molecule has 2 amide bonds. The average molecular weight is 668 g/mol. The van der Waals surface area contributed by atoms with Crippen molar-refractivity contribution in [2.45, 2.75) is 71.0 Å². The molecule has 2 fully saturated rings. The summed E-state index contributed by atoms with van der Waals surface area (Å²) < 4.78 is 50.6. The van der Waals surface area contributed by atoms with Crippen LogP contribution in [-0.4, -0.2) is 72.1 Å². The zero-order valence-corrected chi connectivity index (χ0v) is 27.6. The topological polar surface area (TPSA) is 96.9 Å². The van der Waals surface area contributed by atoms with Gasteiger partial charge in [0.2, 0.25) is 17.7 Å². The maximum absolute atomic E-state index is 13.6. The van der Waals surface area contributed by atoms with E-state index in [1.54, 1.807) is 29.2 Å². The standard InChI is InChI=1S/C36H44F3N5O4/c1-3-47-34-32(35(48-4-2)41-24-40-34)44(23-25-12-13-25)31(45)11-7-8-20-43-21-18-28(19-22-43)42-33(46)30-10-6-5-9-29(30)26-14-16-27(17-15-26)36(37,38)39/h5-6,9-10,14-17,24-25,28H,3-4,7-8,11-13,18-23H2,1-2H3,(H,42,46). The van der Waals surface area contributed by atoms with E-state index in [2.05, 4.69) is 20.2 Å². The Labute approximate surface area is 279 Å². The highest BCUT2D eigenvalue weighted by molar-refractivity contribution is 6.01. The van der Waals surface area contributed by atoms with Gasteiger partial charge in [0.25, 0.3) is 5.91 Å². The van der Waals surface area contributed by atoms with E-state index >= 15 is 0 Å². The molecule has 0 unspecified atom stereocenters. The summed E-state index contributed by atoms with van der Waals surface area (Å²) in [5.41, 5.74) is 1.37. The van der Waals surface area contributed by atoms with Gasteiger partial charge in [-0.25, -0.2) is 0 Å². The zero-order valence-electron chi connectivity index (χ0n) is 27.6. The SMILES string of the molecule is CCOc1ncnc(OCC)c1N(CC1CC1)C(=O)CCCCN1CCC(NC(=O)c2ccccc2-c2ccc(C(F)(F)F)cc2)CC1. The highest BCUT2D eigenvalue weighted by atomic mass is 19.4. The summed E-state index contributed by atoms with van der Waals surface area (Å²) >= 11 is 0. The molecule has 0 atom stereocenters. The number of anilines is 1. The number of unbranched alkanes of at least 4 members (excludes halogenated alkanes) is 1. The Bertz CT molecular complexity index is 1500. The Kier molecular flexibility index (Phi) is 11.9. The van der Waals surface area contributed by atoms with Gasteiger partial charge >= 0.3 is 6.18 Å². The van der Waals surface area contributed by atoms with E-state index in [0.29, 0.717) is 66.2 Å². The fraction of sp³-hybridized carbons (Fsp3) is 0.500. The minimum Gasteiger partial charge on any atom is -0.476 e. The molecule has 48 heavy (non-hydrogen) atoms. The molecular formula is C36H44F3N5O4. The average Bonchev–Trinajstić information content (AvgIpc) is 3.91. The maximum Gasteiger partial charge on any atom is 0.416 e. The molecule has 5 rings (SSSR count). The molecule has 0 spiro atoms. The van der Waals surface area contributed by atoms with Gasteiger partial charge in [-0.15, -0.1) is 0 Å². The predicted molar refractivity (Wildman–Crippen MR) is 177 cm³/mol. The number of carbonyl (C=O) groups is 2. The van der Waals surface area contributed by atoms with Crippen LogP contribution in [0.15, 0.2) is 54.9 Å². The van der Waals surface area contributed by atoms with Crippen LogP contribution in [0.5, 0.6) is 11.8 Å². The molecule has 1 aromatic heterocycles. The van der Waals surface area contributed by atoms with Crippen LogP contribution in [0.4, 0.5) is 18.9 Å². The van der Waals surface area contributed by atoms with Crippen molar-refractivity contribution >= 4 is 17.5 Å². The van der Waals surface area contributed by atoms with Gasteiger partial charge in [-0.05, 0) is 94.2 Å². The third-order valence-corrected chi connectivity index (χ3v) is 8.76. The number of carbonyl (C=O) groups excluding carboxylic acids is 2. The molecule has 258 valence electrons. The van der Waals surface area contributed by atoms with Crippen LogP contribution < -0.4 is 19.7 Å². The zero-order chi connectivity index (χ0) is 34.1. The molecule has 12 heteroatoms. The largest absolute Gasteiger partial charge is 0.476 e. The van der Waals surface area contributed by atoms with Crippen LogP contribution in [0.3, 0.4) is 0 Å². The Morgan fingerprint density at radius 2 is 1.56 bits per heavy atom. The van der Waals surface area contributed by atoms with Crippen molar-refractivity contribution in [2.24, 2.45) is 5.92 Å². The Balaban J connectivity index is 1.10. The van der Waals surface area contributed by atoms with Gasteiger partial charge < -0.3 is 24.6 Å². The number of piperidine rings is 1. The molecule has 1 saturated carbocycles. The summed E-state index contributed by atoms with van der Waals surface area (Å²) in [6.45, 7) is 7.68. The highest BCUT2D eigenvalue weighted by Crippen LogP contribution is 2.39. The van der Waals surface area contributed by atoms with Crippen LogP contribution in [0, 0.1) is 5.92 Å². The first kappa shape index (κ1) is 35.1. The van der Waals surface area contributed by atoms with Gasteiger partial charge in [-0.2, -0.15) is 23.1 Å². The van der Waals surface area contributed by atoms with Gasteiger partial charge in [0.1, 0.15) is 6.33 Å². The van der Waals surface area contributed by atoms with E-state index in [9.17, 15) is 22.8 Å². The van der Waals surface area contributed by atoms with E-state index in [1.807, 2.05) is 13.8 Å². The highest BCUT2D eigenvalue weighted by Gasteiger charge is 2.33. The molecule has 0 bridgehead atoms. The van der Waals surface area contributed by atoms with Crippen LogP contribution in [0.2, 0.25) is 0 Å². The number of likely N-dealkylation sites (tertiary alicyclic amines) is 1. The smallest absolute Gasteiger partial charge is 0.416 e. The number of nitrogens with zero attached hydrogens (tertiary/aromatic N) is 4. The van der Waals surface area contributed by atoms with Gasteiger partial charge in [0.15, 0.2) is 5.69 Å². The van der Waals surface area contributed by atoms with E-state index in [-0.39, 0.29) is 17.9 Å². The number of benzene rings is 2. The fourth-order valence-corrected chi connectivity index (χ4v) is 6.02. The Morgan fingerprint density at radius 1 is 0.917 bits per heavy atom. The van der Waals surface area contributed by atoms with E-state index in [0.717, 1.165) is 70.3 Å². The molecule has 3 aromatic rings. The van der Waals surface area contributed by atoms with Crippen LogP contribution in [-0.2, 0) is 11.0 Å². The lowest BCUT2D eigenvalue weighted by Crippen LogP contribution is -2.45. The van der Waals surface area contributed by atoms with Crippen molar-refractivity contribution in [2.75, 3.05) is 44.3 Å². The fourth-order valence-electron chi connectivity index (χ4n) is 6.02. The number of hydrogen-bond donors (Lipinski definition) is 1. The molecule has 2 heterocycles. The molecule has 2 aliphatic rings. The molecule has 9 nitrogen and oxygen atoms in total. The first-order valence-electron chi connectivity index (χ1n) is 16.9. The summed E-state index contributed by atoms with van der Waals surface area (Å²) in [4.78, 5) is 39.5. The minimum atomic E-state index is -4.42. The van der Waals surface area contributed by atoms with Gasteiger partial charge in [-0.3, -0.25) is 9.59 Å². The summed E-state index contributed by atoms with van der Waals surface area (Å²) in [5, 5.41) is 3.13. The van der Waals surface area contributed by atoms with E-state index in [4.69, 9.17) is 9.47 Å². The van der Waals surface area contributed by atoms with Crippen molar-refractivity contribution in [3.63, 3.8) is 0 Å². The summed E-state index contributed by atoms with van der Waals surface area (Å²) in [7, 11) is 0. The summed E-state index contributed by atoms with van der Waals surface area (Å²) in [5.74, 6) is 0.961. The molecule has 0 radical (unpaired) electrons. The van der Waals surface area contributed by atoms with Crippen molar-refractivity contribution < 1.29 is 32.2 Å². The third-order valence-electron chi connectivity index (χ3n) is 8.76. The predicted octanol–water partition coefficient (Wildman–Crippen LogP) is 6.77. The first-order valence-corrected chi connectivity index (χ1v) is 16.9. The third kappa shape index (κ3) is 9.24. The number of amides is 2. The number of alkyl halides is 3. The lowest BCUT2D eigenvalue weighted by molar-refractivity contribution is -0.137. The number of nitrogens with one attached hydrogen (secondary N) is 1. The number of rotatable bonds is 15. The lowest BCUT2D eigenvalue weighted by Gasteiger charge is -2.32. The summed E-state index contributed by atoms with van der Waals surface area (Å²) in [6, 6.07) is 11.8. The minimum absolute atomic E-state index is 0.000802. The summed E-state index contributed by atoms with van der Waals surface area (Å²) in [6.07, 6.45) is 2.73. The van der Waals surface area contributed by atoms with Crippen molar-refractivity contribution in [3.05, 3.63) is 66.0 Å². The van der Waals surface area contributed by atoms with E-state index < -0.39 is 11.7 Å². The molecular weight excluding hydrogens is 623 g/mol. The lowest BCUT2D eigenvalue weighted by atomic mass is 9.97. The molecule has 1 aliphatic carbocycles.